The molecule has 0 aliphatic heterocycles. The van der Waals surface area contributed by atoms with Crippen LogP contribution < -0.4 is 10.1 Å². The highest BCUT2D eigenvalue weighted by molar-refractivity contribution is 9.11. The molecular weight excluding hydrogens is 377 g/mol. The van der Waals surface area contributed by atoms with Gasteiger partial charge in [-0.15, -0.1) is 0 Å². The van der Waals surface area contributed by atoms with Gasteiger partial charge in [0.15, 0.2) is 0 Å². The molecule has 0 saturated carbocycles. The molecule has 0 atom stereocenters. The van der Waals surface area contributed by atoms with E-state index in [1.807, 2.05) is 12.1 Å². The molecule has 2 aromatic carbocycles. The van der Waals surface area contributed by atoms with Crippen LogP contribution in [0.25, 0.3) is 0 Å². The third-order valence-corrected chi connectivity index (χ3v) is 3.66. The van der Waals surface area contributed by atoms with Crippen molar-refractivity contribution in [1.82, 2.24) is 0 Å². The lowest BCUT2D eigenvalue weighted by atomic mass is 10.2. The Kier molecular flexibility index (Phi) is 4.82. The number of rotatable bonds is 4. The normalized spacial score (nSPS) is 10.3. The third kappa shape index (κ3) is 3.70. The molecule has 1 N–H and O–H groups in total. The molecule has 0 unspecified atom stereocenters. The van der Waals surface area contributed by atoms with Gasteiger partial charge in [-0.1, -0.05) is 15.9 Å². The molecule has 0 spiro atoms. The van der Waals surface area contributed by atoms with Gasteiger partial charge in [-0.3, -0.25) is 0 Å². The summed E-state index contributed by atoms with van der Waals surface area (Å²) in [4.78, 5) is 0. The first-order chi connectivity index (χ1) is 9.10. The summed E-state index contributed by atoms with van der Waals surface area (Å²) in [6.07, 6.45) is 0. The summed E-state index contributed by atoms with van der Waals surface area (Å²) in [6.45, 7) is 0.590. The van der Waals surface area contributed by atoms with Gasteiger partial charge >= 0.3 is 0 Å². The lowest BCUT2D eigenvalue weighted by molar-refractivity contribution is 0.407. The molecule has 2 rings (SSSR count). The number of ether oxygens (including phenoxy) is 1. The molecule has 100 valence electrons. The van der Waals surface area contributed by atoms with E-state index < -0.39 is 0 Å². The van der Waals surface area contributed by atoms with Gasteiger partial charge in [0.1, 0.15) is 11.6 Å². The van der Waals surface area contributed by atoms with Crippen LogP contribution in [-0.4, -0.2) is 7.11 Å². The van der Waals surface area contributed by atoms with Crippen molar-refractivity contribution in [2.24, 2.45) is 0 Å². The Labute approximate surface area is 128 Å². The van der Waals surface area contributed by atoms with Crippen LogP contribution in [0.3, 0.4) is 0 Å². The molecule has 0 bridgehead atoms. The second-order valence-electron chi connectivity index (χ2n) is 3.94. The average molecular weight is 389 g/mol. The van der Waals surface area contributed by atoms with E-state index in [4.69, 9.17) is 4.74 Å². The van der Waals surface area contributed by atoms with Crippen LogP contribution in [0.5, 0.6) is 5.75 Å². The van der Waals surface area contributed by atoms with Crippen molar-refractivity contribution in [3.8, 4) is 5.75 Å². The average Bonchev–Trinajstić information content (AvgIpc) is 2.37. The summed E-state index contributed by atoms with van der Waals surface area (Å²) < 4.78 is 20.0. The maximum Gasteiger partial charge on any atom is 0.138 e. The zero-order valence-corrected chi connectivity index (χ0v) is 13.4. The van der Waals surface area contributed by atoms with E-state index in [1.54, 1.807) is 19.2 Å². The summed E-state index contributed by atoms with van der Waals surface area (Å²) in [7, 11) is 1.63. The molecule has 0 fully saturated rings. The highest BCUT2D eigenvalue weighted by Crippen LogP contribution is 2.33. The Bertz CT molecular complexity index is 572. The van der Waals surface area contributed by atoms with E-state index in [2.05, 4.69) is 37.2 Å². The fourth-order valence-corrected chi connectivity index (χ4v) is 3.21. The highest BCUT2D eigenvalue weighted by Gasteiger charge is 2.09. The number of hydrogen-bond donors (Lipinski definition) is 1. The van der Waals surface area contributed by atoms with E-state index in [1.165, 1.54) is 12.1 Å². The number of anilines is 1. The molecule has 19 heavy (non-hydrogen) atoms. The largest absolute Gasteiger partial charge is 0.495 e. The van der Waals surface area contributed by atoms with E-state index in [0.717, 1.165) is 25.9 Å². The molecule has 2 aromatic rings. The van der Waals surface area contributed by atoms with Gasteiger partial charge in [0.25, 0.3) is 0 Å². The zero-order chi connectivity index (χ0) is 13.8. The smallest absolute Gasteiger partial charge is 0.138 e. The van der Waals surface area contributed by atoms with Crippen LogP contribution >= 0.6 is 31.9 Å². The molecule has 0 aliphatic carbocycles. The van der Waals surface area contributed by atoms with E-state index in [9.17, 15) is 4.39 Å². The minimum Gasteiger partial charge on any atom is -0.495 e. The molecule has 0 aromatic heterocycles. The fourth-order valence-electron chi connectivity index (χ4n) is 1.74. The lowest BCUT2D eigenvalue weighted by Gasteiger charge is -2.13. The maximum absolute atomic E-state index is 12.8. The van der Waals surface area contributed by atoms with Gasteiger partial charge < -0.3 is 10.1 Å². The summed E-state index contributed by atoms with van der Waals surface area (Å²) in [6, 6.07) is 10.2. The number of nitrogens with one attached hydrogen (secondary N) is 1. The Balaban J connectivity index is 2.17. The van der Waals surface area contributed by atoms with Crippen molar-refractivity contribution in [2.45, 2.75) is 6.54 Å². The molecule has 2 nitrogen and oxygen atoms in total. The monoisotopic (exact) mass is 387 g/mol. The maximum atomic E-state index is 12.8. The predicted molar refractivity (Wildman–Crippen MR) is 82.1 cm³/mol. The van der Waals surface area contributed by atoms with Crippen LogP contribution in [0, 0.1) is 5.82 Å². The van der Waals surface area contributed by atoms with Gasteiger partial charge in [0.05, 0.1) is 11.6 Å². The Morgan fingerprint density at radius 3 is 2.47 bits per heavy atom. The third-order valence-electron chi connectivity index (χ3n) is 2.62. The van der Waals surface area contributed by atoms with Crippen molar-refractivity contribution < 1.29 is 9.13 Å². The lowest BCUT2D eigenvalue weighted by Crippen LogP contribution is -2.02. The molecule has 0 radical (unpaired) electrons. The second-order valence-corrected chi connectivity index (χ2v) is 5.71. The molecule has 5 heteroatoms. The molecular formula is C14H12Br2FNO. The van der Waals surface area contributed by atoms with Gasteiger partial charge in [0, 0.05) is 22.3 Å². The first kappa shape index (κ1) is 14.3. The molecule has 0 heterocycles. The second kappa shape index (κ2) is 6.39. The Hall–Kier alpha value is -1.07. The van der Waals surface area contributed by atoms with Gasteiger partial charge in [-0.25, -0.2) is 4.39 Å². The fraction of sp³-hybridized carbons (Fsp3) is 0.143. The van der Waals surface area contributed by atoms with E-state index >= 15 is 0 Å². The van der Waals surface area contributed by atoms with Crippen LogP contribution in [0.4, 0.5) is 10.1 Å². The highest BCUT2D eigenvalue weighted by atomic mass is 79.9. The standard InChI is InChI=1S/C14H12Br2FNO/c1-19-14-9(6-10(15)7-13(14)16)8-18-12-4-2-11(17)3-5-12/h2-7,18H,8H2,1H3. The number of benzene rings is 2. The predicted octanol–water partition coefficient (Wildman–Crippen LogP) is 4.97. The summed E-state index contributed by atoms with van der Waals surface area (Å²) >= 11 is 6.91. The molecule has 0 aliphatic rings. The van der Waals surface area contributed by atoms with E-state index in [-0.39, 0.29) is 5.82 Å². The minimum absolute atomic E-state index is 0.242. The van der Waals surface area contributed by atoms with Gasteiger partial charge in [0.2, 0.25) is 0 Å². The zero-order valence-electron chi connectivity index (χ0n) is 10.2. The minimum atomic E-state index is -0.242. The van der Waals surface area contributed by atoms with Crippen LogP contribution in [-0.2, 0) is 6.54 Å². The first-order valence-electron chi connectivity index (χ1n) is 5.61. The quantitative estimate of drug-likeness (QED) is 0.798. The van der Waals surface area contributed by atoms with Gasteiger partial charge in [-0.05, 0) is 52.3 Å². The summed E-state index contributed by atoms with van der Waals surface area (Å²) in [5.41, 5.74) is 1.87. The van der Waals surface area contributed by atoms with Crippen LogP contribution in [0.1, 0.15) is 5.56 Å². The molecule has 0 saturated heterocycles. The van der Waals surface area contributed by atoms with Crippen LogP contribution in [0.2, 0.25) is 0 Å². The Morgan fingerprint density at radius 2 is 1.84 bits per heavy atom. The SMILES string of the molecule is COc1c(Br)cc(Br)cc1CNc1ccc(F)cc1. The van der Waals surface area contributed by atoms with Gasteiger partial charge in [-0.2, -0.15) is 0 Å². The Morgan fingerprint density at radius 1 is 1.16 bits per heavy atom. The summed E-state index contributed by atoms with van der Waals surface area (Å²) in [5.74, 6) is 0.547. The van der Waals surface area contributed by atoms with Crippen molar-refractivity contribution >= 4 is 37.5 Å². The summed E-state index contributed by atoms with van der Waals surface area (Å²) in [5, 5.41) is 3.23. The molecule has 0 amide bonds. The number of halogens is 3. The van der Waals surface area contributed by atoms with Crippen molar-refractivity contribution in [3.63, 3.8) is 0 Å². The topological polar surface area (TPSA) is 21.3 Å². The van der Waals surface area contributed by atoms with Crippen molar-refractivity contribution in [3.05, 3.63) is 56.7 Å². The number of hydrogen-bond acceptors (Lipinski definition) is 2. The van der Waals surface area contributed by atoms with Crippen molar-refractivity contribution in [1.29, 1.82) is 0 Å². The number of methoxy groups -OCH3 is 1. The van der Waals surface area contributed by atoms with Crippen molar-refractivity contribution in [2.75, 3.05) is 12.4 Å². The van der Waals surface area contributed by atoms with Crippen LogP contribution in [0.15, 0.2) is 45.3 Å². The first-order valence-corrected chi connectivity index (χ1v) is 7.20. The van der Waals surface area contributed by atoms with E-state index in [0.29, 0.717) is 6.54 Å².